The molecule has 0 saturated carbocycles. The zero-order valence-electron chi connectivity index (χ0n) is 8.70. The molecule has 0 aromatic heterocycles. The Morgan fingerprint density at radius 1 is 1.40 bits per heavy atom. The number of hydrogen-bond donors (Lipinski definition) is 1. The Labute approximate surface area is 89.0 Å². The quantitative estimate of drug-likeness (QED) is 0.848. The lowest BCUT2D eigenvalue weighted by atomic mass is 10.1. The predicted octanol–water partition coefficient (Wildman–Crippen LogP) is 1.12. The number of sulfone groups is 1. The van der Waals surface area contributed by atoms with Crippen molar-refractivity contribution >= 4 is 9.84 Å². The first-order valence-electron chi connectivity index (χ1n) is 4.54. The number of nitrogens with two attached hydrogens (primary N) is 1. The van der Waals surface area contributed by atoms with E-state index in [-0.39, 0.29) is 10.9 Å². The van der Waals surface area contributed by atoms with Crippen LogP contribution < -0.4 is 5.73 Å². The molecule has 15 heavy (non-hydrogen) atoms. The van der Waals surface area contributed by atoms with Crippen molar-refractivity contribution in [2.75, 3.05) is 6.26 Å². The minimum atomic E-state index is -3.36. The first kappa shape index (κ1) is 12.1. The van der Waals surface area contributed by atoms with Gasteiger partial charge in [-0.05, 0) is 37.1 Å². The van der Waals surface area contributed by atoms with Crippen LogP contribution in [0.2, 0.25) is 0 Å². The van der Waals surface area contributed by atoms with E-state index in [4.69, 9.17) is 5.73 Å². The summed E-state index contributed by atoms with van der Waals surface area (Å²) < 4.78 is 35.6. The van der Waals surface area contributed by atoms with Crippen LogP contribution >= 0.6 is 0 Å². The van der Waals surface area contributed by atoms with Gasteiger partial charge in [0.2, 0.25) is 0 Å². The summed E-state index contributed by atoms with van der Waals surface area (Å²) in [6, 6.07) is 3.65. The van der Waals surface area contributed by atoms with Gasteiger partial charge < -0.3 is 5.73 Å². The molecule has 1 unspecified atom stereocenters. The summed E-state index contributed by atoms with van der Waals surface area (Å²) in [5.74, 6) is -0.548. The summed E-state index contributed by atoms with van der Waals surface area (Å²) in [6.07, 6.45) is 1.51. The van der Waals surface area contributed by atoms with Crippen LogP contribution in [0, 0.1) is 5.82 Å². The second-order valence-electron chi connectivity index (χ2n) is 3.75. The third-order valence-corrected chi connectivity index (χ3v) is 3.01. The fourth-order valence-electron chi connectivity index (χ4n) is 1.32. The molecule has 0 heterocycles. The molecule has 0 bridgehead atoms. The fraction of sp³-hybridized carbons (Fsp3) is 0.400. The molecule has 1 rings (SSSR count). The summed E-state index contributed by atoms with van der Waals surface area (Å²) >= 11 is 0. The van der Waals surface area contributed by atoms with Crippen LogP contribution in [-0.2, 0) is 16.3 Å². The number of halogens is 1. The van der Waals surface area contributed by atoms with Crippen LogP contribution in [-0.4, -0.2) is 20.7 Å². The summed E-state index contributed by atoms with van der Waals surface area (Å²) in [5.41, 5.74) is 6.16. The summed E-state index contributed by atoms with van der Waals surface area (Å²) in [4.78, 5) is -0.00171. The van der Waals surface area contributed by atoms with Gasteiger partial charge in [-0.3, -0.25) is 0 Å². The van der Waals surface area contributed by atoms with Crippen LogP contribution in [0.1, 0.15) is 12.5 Å². The van der Waals surface area contributed by atoms with Crippen molar-refractivity contribution in [1.82, 2.24) is 0 Å². The van der Waals surface area contributed by atoms with Crippen molar-refractivity contribution in [2.45, 2.75) is 24.3 Å². The standard InChI is InChI=1S/C10H14FNO2S/c1-7(12)3-8-4-9(11)6-10(5-8)15(2,13)14/h4-7H,3,12H2,1-2H3. The maximum absolute atomic E-state index is 13.1. The fourth-order valence-corrected chi connectivity index (χ4v) is 2.02. The van der Waals surface area contributed by atoms with E-state index in [1.807, 2.05) is 0 Å². The molecule has 0 spiro atoms. The van der Waals surface area contributed by atoms with Crippen molar-refractivity contribution < 1.29 is 12.8 Å². The van der Waals surface area contributed by atoms with Crippen molar-refractivity contribution in [2.24, 2.45) is 5.73 Å². The molecule has 1 atom stereocenters. The van der Waals surface area contributed by atoms with E-state index < -0.39 is 15.7 Å². The highest BCUT2D eigenvalue weighted by Crippen LogP contribution is 2.15. The highest BCUT2D eigenvalue weighted by Gasteiger charge is 2.10. The second kappa shape index (κ2) is 4.28. The smallest absolute Gasteiger partial charge is 0.175 e. The topological polar surface area (TPSA) is 60.2 Å². The van der Waals surface area contributed by atoms with Crippen molar-refractivity contribution in [3.05, 3.63) is 29.6 Å². The third kappa shape index (κ3) is 3.60. The number of hydrogen-bond acceptors (Lipinski definition) is 3. The van der Waals surface area contributed by atoms with Crippen molar-refractivity contribution in [1.29, 1.82) is 0 Å². The van der Waals surface area contributed by atoms with Crippen LogP contribution in [0.15, 0.2) is 23.1 Å². The Hall–Kier alpha value is -0.940. The minimum absolute atomic E-state index is 0.00171. The van der Waals surface area contributed by atoms with E-state index in [1.165, 1.54) is 12.1 Å². The zero-order chi connectivity index (χ0) is 11.6. The van der Waals surface area contributed by atoms with Crippen molar-refractivity contribution in [3.63, 3.8) is 0 Å². The Balaban J connectivity index is 3.17. The van der Waals surface area contributed by atoms with Crippen LogP contribution in [0.3, 0.4) is 0 Å². The third-order valence-electron chi connectivity index (χ3n) is 1.92. The largest absolute Gasteiger partial charge is 0.328 e. The van der Waals surface area contributed by atoms with Gasteiger partial charge in [0.1, 0.15) is 5.82 Å². The highest BCUT2D eigenvalue weighted by molar-refractivity contribution is 7.90. The van der Waals surface area contributed by atoms with Gasteiger partial charge in [-0.15, -0.1) is 0 Å². The van der Waals surface area contributed by atoms with Gasteiger partial charge >= 0.3 is 0 Å². The lowest BCUT2D eigenvalue weighted by Crippen LogP contribution is -2.18. The highest BCUT2D eigenvalue weighted by atomic mass is 32.2. The molecule has 1 aromatic rings. The molecular formula is C10H14FNO2S. The van der Waals surface area contributed by atoms with Gasteiger partial charge in [-0.2, -0.15) is 0 Å². The average molecular weight is 231 g/mol. The molecular weight excluding hydrogens is 217 g/mol. The van der Waals surface area contributed by atoms with Gasteiger partial charge in [-0.25, -0.2) is 12.8 Å². The molecule has 0 aliphatic heterocycles. The van der Waals surface area contributed by atoms with Gasteiger partial charge in [0.15, 0.2) is 9.84 Å². The molecule has 0 radical (unpaired) electrons. The minimum Gasteiger partial charge on any atom is -0.328 e. The molecule has 2 N–H and O–H groups in total. The van der Waals surface area contributed by atoms with Crippen LogP contribution in [0.5, 0.6) is 0 Å². The Morgan fingerprint density at radius 3 is 2.47 bits per heavy atom. The Morgan fingerprint density at radius 2 is 2.00 bits per heavy atom. The molecule has 3 nitrogen and oxygen atoms in total. The van der Waals surface area contributed by atoms with Crippen LogP contribution in [0.25, 0.3) is 0 Å². The van der Waals surface area contributed by atoms with Gasteiger partial charge in [0, 0.05) is 12.3 Å². The first-order chi connectivity index (χ1) is 6.79. The molecule has 0 amide bonds. The van der Waals surface area contributed by atoms with Crippen molar-refractivity contribution in [3.8, 4) is 0 Å². The normalized spacial score (nSPS) is 13.9. The second-order valence-corrected chi connectivity index (χ2v) is 5.76. The SMILES string of the molecule is CC(N)Cc1cc(F)cc(S(C)(=O)=O)c1. The molecule has 0 saturated heterocycles. The number of benzene rings is 1. The lowest BCUT2D eigenvalue weighted by Gasteiger charge is -2.07. The van der Waals surface area contributed by atoms with E-state index in [0.29, 0.717) is 12.0 Å². The lowest BCUT2D eigenvalue weighted by molar-refractivity contribution is 0.593. The van der Waals surface area contributed by atoms with E-state index in [9.17, 15) is 12.8 Å². The maximum Gasteiger partial charge on any atom is 0.175 e. The Kier molecular flexibility index (Phi) is 3.46. The monoisotopic (exact) mass is 231 g/mol. The molecule has 1 aromatic carbocycles. The summed E-state index contributed by atoms with van der Waals surface area (Å²) in [7, 11) is -3.36. The van der Waals surface area contributed by atoms with Gasteiger partial charge in [-0.1, -0.05) is 0 Å². The molecule has 5 heteroatoms. The summed E-state index contributed by atoms with van der Waals surface area (Å²) in [6.45, 7) is 1.78. The zero-order valence-corrected chi connectivity index (χ0v) is 9.51. The first-order valence-corrected chi connectivity index (χ1v) is 6.43. The molecule has 0 aliphatic rings. The van der Waals surface area contributed by atoms with Crippen LogP contribution in [0.4, 0.5) is 4.39 Å². The summed E-state index contributed by atoms with van der Waals surface area (Å²) in [5, 5.41) is 0. The van der Waals surface area contributed by atoms with E-state index >= 15 is 0 Å². The van der Waals surface area contributed by atoms with Gasteiger partial charge in [0.05, 0.1) is 4.90 Å². The number of rotatable bonds is 3. The van der Waals surface area contributed by atoms with E-state index in [0.717, 1.165) is 12.3 Å². The van der Waals surface area contributed by atoms with E-state index in [1.54, 1.807) is 6.92 Å². The molecule has 84 valence electrons. The average Bonchev–Trinajstić information content (AvgIpc) is 1.99. The predicted molar refractivity (Wildman–Crippen MR) is 56.9 cm³/mol. The molecule has 0 fully saturated rings. The van der Waals surface area contributed by atoms with E-state index in [2.05, 4.69) is 0 Å². The Bertz CT molecular complexity index is 454. The molecule has 0 aliphatic carbocycles. The van der Waals surface area contributed by atoms with Gasteiger partial charge in [0.25, 0.3) is 0 Å². The maximum atomic E-state index is 13.1.